The molecular weight excluding hydrogens is 358 g/mol. The summed E-state index contributed by atoms with van der Waals surface area (Å²) in [5.41, 5.74) is 1.42. The number of alkyl carbamates (subject to hydrolysis) is 1. The number of esters is 1. The summed E-state index contributed by atoms with van der Waals surface area (Å²) in [5, 5.41) is 2.64. The summed E-state index contributed by atoms with van der Waals surface area (Å²) in [6.45, 7) is 1.82. The highest BCUT2D eigenvalue weighted by Crippen LogP contribution is 2.20. The van der Waals surface area contributed by atoms with Crippen molar-refractivity contribution in [3.63, 3.8) is 0 Å². The summed E-state index contributed by atoms with van der Waals surface area (Å²) in [6.07, 6.45) is 0.252. The second kappa shape index (κ2) is 10.9. The highest BCUT2D eigenvalue weighted by Gasteiger charge is 2.37. The van der Waals surface area contributed by atoms with Gasteiger partial charge in [-0.3, -0.25) is 9.59 Å². The number of methoxy groups -OCH3 is 1. The van der Waals surface area contributed by atoms with Gasteiger partial charge in [-0.25, -0.2) is 4.79 Å². The molecule has 1 amide bonds. The van der Waals surface area contributed by atoms with Gasteiger partial charge in [-0.15, -0.1) is 0 Å². The standard InChI is InChI=1S/C22H25NO5/c1-3-28-21(25)19(20(24)17-12-8-5-9-13-17)18(23-22(26)27-2)15-14-16-10-6-4-7-11-16/h4-13,18-19H,3,14-15H2,1-2H3,(H,23,26)/t18-,19?/m0/s1. The van der Waals surface area contributed by atoms with Gasteiger partial charge in [-0.05, 0) is 25.3 Å². The predicted octanol–water partition coefficient (Wildman–Crippen LogP) is 3.41. The van der Waals surface area contributed by atoms with Gasteiger partial charge in [-0.2, -0.15) is 0 Å². The molecule has 0 spiro atoms. The third-order valence-electron chi connectivity index (χ3n) is 4.36. The minimum absolute atomic E-state index is 0.140. The molecule has 1 N–H and O–H groups in total. The van der Waals surface area contributed by atoms with Crippen LogP contribution in [0.5, 0.6) is 0 Å². The number of nitrogens with one attached hydrogen (secondary N) is 1. The molecule has 2 aromatic carbocycles. The summed E-state index contributed by atoms with van der Waals surface area (Å²) in [7, 11) is 1.24. The fourth-order valence-corrected chi connectivity index (χ4v) is 2.97. The normalized spacial score (nSPS) is 12.5. The maximum Gasteiger partial charge on any atom is 0.407 e. The van der Waals surface area contributed by atoms with E-state index in [0.29, 0.717) is 18.4 Å². The monoisotopic (exact) mass is 383 g/mol. The Kier molecular flexibility index (Phi) is 8.21. The molecule has 2 atom stereocenters. The van der Waals surface area contributed by atoms with Crippen LogP contribution in [0.25, 0.3) is 0 Å². The summed E-state index contributed by atoms with van der Waals surface area (Å²) < 4.78 is 9.84. The molecule has 0 saturated carbocycles. The number of ether oxygens (including phenoxy) is 2. The van der Waals surface area contributed by atoms with Gasteiger partial charge in [0.1, 0.15) is 5.92 Å². The van der Waals surface area contributed by atoms with Crippen molar-refractivity contribution in [1.82, 2.24) is 5.32 Å². The van der Waals surface area contributed by atoms with Crippen molar-refractivity contribution in [3.05, 3.63) is 71.8 Å². The molecule has 0 saturated heterocycles. The number of aryl methyl sites for hydroxylation is 1. The number of amides is 1. The Labute approximate surface area is 164 Å². The lowest BCUT2D eigenvalue weighted by Crippen LogP contribution is -2.47. The Bertz CT molecular complexity index is 776. The van der Waals surface area contributed by atoms with Crippen LogP contribution in [0.3, 0.4) is 0 Å². The van der Waals surface area contributed by atoms with Crippen LogP contribution in [-0.2, 0) is 20.7 Å². The number of ketones is 1. The largest absolute Gasteiger partial charge is 0.465 e. The molecule has 0 aliphatic rings. The molecule has 0 heterocycles. The molecule has 148 valence electrons. The molecule has 0 aliphatic heterocycles. The van der Waals surface area contributed by atoms with Crippen molar-refractivity contribution in [3.8, 4) is 0 Å². The maximum atomic E-state index is 13.1. The predicted molar refractivity (Wildman–Crippen MR) is 105 cm³/mol. The third-order valence-corrected chi connectivity index (χ3v) is 4.36. The summed E-state index contributed by atoms with van der Waals surface area (Å²) in [6, 6.07) is 17.4. The average Bonchev–Trinajstić information content (AvgIpc) is 2.73. The van der Waals surface area contributed by atoms with Crippen LogP contribution in [0.4, 0.5) is 4.79 Å². The number of hydrogen-bond donors (Lipinski definition) is 1. The van der Waals surface area contributed by atoms with Gasteiger partial charge in [0.15, 0.2) is 5.78 Å². The maximum absolute atomic E-state index is 13.1. The molecule has 0 bridgehead atoms. The Balaban J connectivity index is 2.31. The van der Waals surface area contributed by atoms with Gasteiger partial charge in [-0.1, -0.05) is 60.7 Å². The van der Waals surface area contributed by atoms with E-state index in [1.807, 2.05) is 30.3 Å². The van der Waals surface area contributed by atoms with E-state index in [1.165, 1.54) is 7.11 Å². The average molecular weight is 383 g/mol. The van der Waals surface area contributed by atoms with Crippen molar-refractivity contribution in [2.24, 2.45) is 5.92 Å². The van der Waals surface area contributed by atoms with Crippen LogP contribution in [0.2, 0.25) is 0 Å². The molecule has 0 radical (unpaired) electrons. The van der Waals surface area contributed by atoms with E-state index in [1.54, 1.807) is 37.3 Å². The Hall–Kier alpha value is -3.15. The van der Waals surface area contributed by atoms with Gasteiger partial charge < -0.3 is 14.8 Å². The van der Waals surface area contributed by atoms with E-state index in [4.69, 9.17) is 9.47 Å². The summed E-state index contributed by atoms with van der Waals surface area (Å²) in [4.78, 5) is 37.6. The van der Waals surface area contributed by atoms with Crippen LogP contribution >= 0.6 is 0 Å². The molecule has 0 aliphatic carbocycles. The van der Waals surface area contributed by atoms with Crippen molar-refractivity contribution < 1.29 is 23.9 Å². The minimum atomic E-state index is -1.16. The van der Waals surface area contributed by atoms with E-state index in [0.717, 1.165) is 5.56 Å². The number of carbonyl (C=O) groups is 3. The van der Waals surface area contributed by atoms with Gasteiger partial charge in [0, 0.05) is 5.56 Å². The zero-order chi connectivity index (χ0) is 20.4. The SMILES string of the molecule is CCOC(=O)C(C(=O)c1ccccc1)[C@H](CCc1ccccc1)NC(=O)OC. The van der Waals surface area contributed by atoms with Crippen molar-refractivity contribution in [1.29, 1.82) is 0 Å². The van der Waals surface area contributed by atoms with E-state index in [2.05, 4.69) is 5.32 Å². The summed E-state index contributed by atoms with van der Waals surface area (Å²) in [5.74, 6) is -2.22. The van der Waals surface area contributed by atoms with Gasteiger partial charge in [0.05, 0.1) is 19.8 Å². The Morgan fingerprint density at radius 1 is 0.964 bits per heavy atom. The number of rotatable bonds is 9. The number of Topliss-reactive ketones (excluding diaryl/α,β-unsaturated/α-hetero) is 1. The Morgan fingerprint density at radius 2 is 1.57 bits per heavy atom. The second-order valence-corrected chi connectivity index (χ2v) is 6.23. The zero-order valence-corrected chi connectivity index (χ0v) is 16.1. The van der Waals surface area contributed by atoms with Crippen LogP contribution in [0.1, 0.15) is 29.3 Å². The highest BCUT2D eigenvalue weighted by molar-refractivity contribution is 6.09. The fraction of sp³-hybridized carbons (Fsp3) is 0.318. The third kappa shape index (κ3) is 5.94. The van der Waals surface area contributed by atoms with E-state index in [9.17, 15) is 14.4 Å². The molecule has 2 rings (SSSR count). The first-order valence-corrected chi connectivity index (χ1v) is 9.21. The molecule has 1 unspecified atom stereocenters. The highest BCUT2D eigenvalue weighted by atomic mass is 16.5. The van der Waals surface area contributed by atoms with Gasteiger partial charge >= 0.3 is 12.1 Å². The molecule has 0 aromatic heterocycles. The second-order valence-electron chi connectivity index (χ2n) is 6.23. The van der Waals surface area contributed by atoms with Crippen molar-refractivity contribution in [2.75, 3.05) is 13.7 Å². The number of hydrogen-bond acceptors (Lipinski definition) is 5. The first kappa shape index (κ1) is 21.2. The van der Waals surface area contributed by atoms with Gasteiger partial charge in [0.25, 0.3) is 0 Å². The lowest BCUT2D eigenvalue weighted by Gasteiger charge is -2.25. The Morgan fingerprint density at radius 3 is 2.14 bits per heavy atom. The fourth-order valence-electron chi connectivity index (χ4n) is 2.97. The lowest BCUT2D eigenvalue weighted by molar-refractivity contribution is -0.147. The van der Waals surface area contributed by atoms with E-state index >= 15 is 0 Å². The smallest absolute Gasteiger partial charge is 0.407 e. The molecule has 2 aromatic rings. The molecule has 0 fully saturated rings. The quantitative estimate of drug-likeness (QED) is 0.408. The first-order chi connectivity index (χ1) is 13.6. The van der Waals surface area contributed by atoms with Crippen LogP contribution < -0.4 is 5.32 Å². The van der Waals surface area contributed by atoms with Gasteiger partial charge in [0.2, 0.25) is 0 Å². The van der Waals surface area contributed by atoms with Crippen LogP contribution in [0.15, 0.2) is 60.7 Å². The topological polar surface area (TPSA) is 81.7 Å². The van der Waals surface area contributed by atoms with Crippen LogP contribution in [0, 0.1) is 5.92 Å². The molecular formula is C22H25NO5. The van der Waals surface area contributed by atoms with E-state index in [-0.39, 0.29) is 6.61 Å². The molecule has 6 heteroatoms. The van der Waals surface area contributed by atoms with Crippen molar-refractivity contribution in [2.45, 2.75) is 25.8 Å². The van der Waals surface area contributed by atoms with Crippen LogP contribution in [-0.4, -0.2) is 37.6 Å². The van der Waals surface area contributed by atoms with Crippen molar-refractivity contribution >= 4 is 17.8 Å². The first-order valence-electron chi connectivity index (χ1n) is 9.21. The zero-order valence-electron chi connectivity index (χ0n) is 16.1. The lowest BCUT2D eigenvalue weighted by atomic mass is 9.87. The van der Waals surface area contributed by atoms with E-state index < -0.39 is 29.8 Å². The number of carbonyl (C=O) groups excluding carboxylic acids is 3. The molecule has 28 heavy (non-hydrogen) atoms. The minimum Gasteiger partial charge on any atom is -0.465 e. The number of benzene rings is 2. The molecule has 6 nitrogen and oxygen atoms in total. The summed E-state index contributed by atoms with van der Waals surface area (Å²) >= 11 is 0.